The summed E-state index contributed by atoms with van der Waals surface area (Å²) in [5.74, 6) is 0. The molecule has 0 bridgehead atoms. The molecule has 71 heavy (non-hydrogen) atoms. The Morgan fingerprint density at radius 3 is 1.99 bits per heavy atom. The Hall–Kier alpha value is -5.41. The Labute approximate surface area is 448 Å². The van der Waals surface area contributed by atoms with Gasteiger partial charge in [-0.1, -0.05) is 180 Å². The smallest absolute Gasteiger partial charge is 0.121 e. The molecule has 367 valence electrons. The van der Waals surface area contributed by atoms with Crippen LogP contribution < -0.4 is 0 Å². The maximum absolute atomic E-state index is 8.85. The third-order valence-electron chi connectivity index (χ3n) is 15.0. The van der Waals surface area contributed by atoms with E-state index in [1.54, 1.807) is 39.0 Å². The van der Waals surface area contributed by atoms with E-state index in [-0.39, 0.29) is 58.3 Å². The van der Waals surface area contributed by atoms with Crippen molar-refractivity contribution < 1.29 is 35.5 Å². The van der Waals surface area contributed by atoms with Crippen molar-refractivity contribution in [3.8, 4) is 33.6 Å². The van der Waals surface area contributed by atoms with E-state index in [4.69, 9.17) is 20.4 Å². The first-order valence-corrected chi connectivity index (χ1v) is 24.9. The van der Waals surface area contributed by atoms with Crippen LogP contribution in [0.4, 0.5) is 0 Å². The Bertz CT molecular complexity index is 3850. The van der Waals surface area contributed by atoms with Crippen molar-refractivity contribution in [2.45, 2.75) is 157 Å². The van der Waals surface area contributed by atoms with Gasteiger partial charge >= 0.3 is 0 Å². The van der Waals surface area contributed by atoms with Gasteiger partial charge in [-0.3, -0.25) is 0 Å². The van der Waals surface area contributed by atoms with Crippen LogP contribution in [0.2, 0.25) is 0 Å². The van der Waals surface area contributed by atoms with Gasteiger partial charge in [0.1, 0.15) is 5.58 Å². The monoisotopic (exact) mass is 1120 g/mol. The van der Waals surface area contributed by atoms with Gasteiger partial charge in [-0.2, -0.15) is 0 Å². The summed E-state index contributed by atoms with van der Waals surface area (Å²) in [5.41, 5.74) is 11.8. The summed E-state index contributed by atoms with van der Waals surface area (Å²) in [7, 11) is 0. The minimum Gasteiger partial charge on any atom is -0.501 e. The third-order valence-corrected chi connectivity index (χ3v) is 15.0. The van der Waals surface area contributed by atoms with E-state index in [1.807, 2.05) is 24.4 Å². The molecule has 11 rings (SSSR count). The van der Waals surface area contributed by atoms with Crippen molar-refractivity contribution in [3.05, 3.63) is 166 Å². The molecule has 0 saturated carbocycles. The number of aryl methyl sites for hydroxylation is 2. The van der Waals surface area contributed by atoms with Crippen LogP contribution in [0, 0.1) is 31.3 Å². The van der Waals surface area contributed by atoms with E-state index in [0.717, 1.165) is 73.1 Å². The van der Waals surface area contributed by atoms with Gasteiger partial charge in [0.15, 0.2) is 0 Å². The van der Waals surface area contributed by atoms with Gasteiger partial charge in [-0.15, -0.1) is 47.5 Å². The normalized spacial score (nSPS) is 18.7. The molecule has 4 heteroatoms. The van der Waals surface area contributed by atoms with Crippen molar-refractivity contribution in [2.75, 3.05) is 0 Å². The first kappa shape index (κ1) is 41.1. The number of aromatic nitrogens is 2. The molecule has 9 aromatic rings. The number of pyridine rings is 2. The summed E-state index contributed by atoms with van der Waals surface area (Å²) < 4.78 is 73.9. The van der Waals surface area contributed by atoms with E-state index in [9.17, 15) is 0 Å². The van der Waals surface area contributed by atoms with Crippen LogP contribution in [0.5, 0.6) is 0 Å². The van der Waals surface area contributed by atoms with E-state index in [1.165, 1.54) is 34.0 Å². The van der Waals surface area contributed by atoms with Crippen LogP contribution in [0.15, 0.2) is 114 Å². The first-order valence-electron chi connectivity index (χ1n) is 28.9. The van der Waals surface area contributed by atoms with Crippen molar-refractivity contribution in [1.82, 2.24) is 9.97 Å². The molecule has 0 spiro atoms. The molecule has 0 unspecified atom stereocenters. The molecule has 0 fully saturated rings. The van der Waals surface area contributed by atoms with Gasteiger partial charge < -0.3 is 14.4 Å². The Morgan fingerprint density at radius 2 is 1.32 bits per heavy atom. The molecule has 1 radical (unpaired) electrons. The number of furan rings is 1. The van der Waals surface area contributed by atoms with Crippen molar-refractivity contribution >= 4 is 43.5 Å². The second-order valence-corrected chi connectivity index (χ2v) is 24.9. The number of nitrogens with zero attached hydrogens (tertiary/aromatic N) is 2. The number of fused-ring (bicyclic) bond motifs is 8. The van der Waals surface area contributed by atoms with Crippen molar-refractivity contribution in [1.29, 1.82) is 0 Å². The fourth-order valence-electron chi connectivity index (χ4n) is 12.4. The number of hydrogen-bond acceptors (Lipinski definition) is 3. The summed E-state index contributed by atoms with van der Waals surface area (Å²) in [6.07, 6.45) is 3.26. The number of hydrogen-bond donors (Lipinski definition) is 0. The molecular formula is C67H72IrN2O-2. The first-order chi connectivity index (χ1) is 35.9. The van der Waals surface area contributed by atoms with Gasteiger partial charge in [0.05, 0.1) is 5.58 Å². The average Bonchev–Trinajstić information content (AvgIpc) is 2.79. The minimum atomic E-state index is -2.50. The van der Waals surface area contributed by atoms with Crippen LogP contribution in [-0.2, 0) is 53.6 Å². The zero-order valence-electron chi connectivity index (χ0n) is 51.9. The van der Waals surface area contributed by atoms with Gasteiger partial charge in [0.2, 0.25) is 0 Å². The molecule has 2 aliphatic rings. The summed E-state index contributed by atoms with van der Waals surface area (Å²) in [5, 5.41) is 6.36. The zero-order valence-corrected chi connectivity index (χ0v) is 46.3. The summed E-state index contributed by atoms with van der Waals surface area (Å²) in [6, 6.07) is 39.0. The predicted molar refractivity (Wildman–Crippen MR) is 297 cm³/mol. The van der Waals surface area contributed by atoms with E-state index < -0.39 is 25.5 Å². The molecular weight excluding hydrogens is 1040 g/mol. The molecule has 0 atom stereocenters. The van der Waals surface area contributed by atoms with Gasteiger partial charge in [0, 0.05) is 48.9 Å². The second kappa shape index (κ2) is 17.4. The Kier molecular flexibility index (Phi) is 10.1. The molecule has 3 nitrogen and oxygen atoms in total. The molecule has 3 heterocycles. The maximum atomic E-state index is 8.85. The topological polar surface area (TPSA) is 38.9 Å². The van der Waals surface area contributed by atoms with Crippen molar-refractivity contribution in [3.63, 3.8) is 0 Å². The van der Waals surface area contributed by atoms with E-state index in [0.29, 0.717) is 22.4 Å². The molecule has 0 aliphatic heterocycles. The zero-order chi connectivity index (χ0) is 56.9. The van der Waals surface area contributed by atoms with Crippen LogP contribution in [0.1, 0.15) is 165 Å². The molecule has 6 aromatic carbocycles. The average molecular weight is 1120 g/mol. The predicted octanol–water partition coefficient (Wildman–Crippen LogP) is 18.4. The van der Waals surface area contributed by atoms with Crippen molar-refractivity contribution in [2.24, 2.45) is 5.41 Å². The Balaban J connectivity index is 0.000000189. The fraction of sp³-hybridized carbons (Fsp3) is 0.373. The largest absolute Gasteiger partial charge is 0.501 e. The quantitative estimate of drug-likeness (QED) is 0.130. The van der Waals surface area contributed by atoms with E-state index >= 15 is 0 Å². The van der Waals surface area contributed by atoms with Gasteiger partial charge in [-0.05, 0) is 149 Å². The second-order valence-electron chi connectivity index (χ2n) is 24.9. The van der Waals surface area contributed by atoms with Gasteiger partial charge in [-0.25, -0.2) is 0 Å². The van der Waals surface area contributed by atoms with Crippen LogP contribution in [0.3, 0.4) is 0 Å². The van der Waals surface area contributed by atoms with Gasteiger partial charge in [0.25, 0.3) is 0 Å². The fourth-order valence-corrected chi connectivity index (χ4v) is 12.4. The van der Waals surface area contributed by atoms with E-state index in [2.05, 4.69) is 154 Å². The summed E-state index contributed by atoms with van der Waals surface area (Å²) in [6.45, 7) is 25.8. The molecule has 0 saturated heterocycles. The molecule has 0 amide bonds. The molecule has 0 N–H and O–H groups in total. The number of benzene rings is 6. The maximum Gasteiger partial charge on any atom is 0.121 e. The minimum absolute atomic E-state index is 0. The summed E-state index contributed by atoms with van der Waals surface area (Å²) in [4.78, 5) is 9.20. The van der Waals surface area contributed by atoms with Crippen LogP contribution in [0.25, 0.3) is 77.1 Å². The van der Waals surface area contributed by atoms with Crippen LogP contribution in [-0.4, -0.2) is 9.97 Å². The molecule has 2 aliphatic carbocycles. The Morgan fingerprint density at radius 1 is 0.648 bits per heavy atom. The SMILES string of the molecule is [2H]C([2H])([2H])c1c[c-]c(-c2cc(C(C)(C)C)ccn2)cc1-c1c2c(cc3c1C(C)(C)CC3(C)C)C(C)(C)CC2(C)C.[2H]C([2H])([2H])c1cnc(-c2[c-]ccc3c2oc2cc4c(ccc5ccccc54)cc23)cc1C([2H])([2H])C(C)(C)C.[Ir]. The summed E-state index contributed by atoms with van der Waals surface area (Å²) >= 11 is 0. The number of rotatable bonds is 4. The molecule has 3 aromatic heterocycles. The third kappa shape index (κ3) is 9.01. The standard InChI is InChI=1S/C36H46N.C31H26NO.Ir/c1-22-13-14-23(28-18-24(15-16-37-28)32(2,3)4)17-25(22)29-30-26(33(5,6)20-35(30,9)10)19-27-31(29)36(11,12)21-34(27,7)8;1-19-18-32-28(15-22(19)17-31(2,3)4)25-11-7-10-24-27-14-21-13-12-20-8-5-6-9-23(20)26(21)16-29(27)33-30(24)25;/h13,15-19H,20-21H2,1-12H3;5-10,12-16,18H,17H2,1-4H3;/q2*-1;/i1D3;1D3,17D2;. The van der Waals surface area contributed by atoms with Crippen LogP contribution >= 0.6 is 0 Å².